The quantitative estimate of drug-likeness (QED) is 0.560. The number of aromatic nitrogens is 2. The Labute approximate surface area is 115 Å². The Morgan fingerprint density at radius 1 is 1.21 bits per heavy atom. The largest absolute Gasteiger partial charge is 0.381 e. The molecule has 0 atom stereocenters. The standard InChI is InChI=1S/C15H24N2O2/c1-5-8-19-9-6-7-13(18)14-16-10-12(11-17-14)15(2,3)4/h10-11H,5-9H2,1-4H3. The van der Waals surface area contributed by atoms with Crippen molar-refractivity contribution in [2.45, 2.75) is 52.4 Å². The normalized spacial score (nSPS) is 11.6. The third-order valence-corrected chi connectivity index (χ3v) is 2.81. The van der Waals surface area contributed by atoms with Gasteiger partial charge in [0.1, 0.15) is 0 Å². The molecule has 0 fully saturated rings. The number of rotatable bonds is 7. The molecule has 1 heterocycles. The van der Waals surface area contributed by atoms with Gasteiger partial charge < -0.3 is 4.74 Å². The summed E-state index contributed by atoms with van der Waals surface area (Å²) < 4.78 is 5.34. The predicted molar refractivity (Wildman–Crippen MR) is 75.4 cm³/mol. The smallest absolute Gasteiger partial charge is 0.200 e. The van der Waals surface area contributed by atoms with Crippen LogP contribution in [0.3, 0.4) is 0 Å². The third kappa shape index (κ3) is 5.47. The molecule has 0 unspecified atom stereocenters. The van der Waals surface area contributed by atoms with Gasteiger partial charge in [-0.05, 0) is 23.8 Å². The average Bonchev–Trinajstić information content (AvgIpc) is 2.37. The van der Waals surface area contributed by atoms with Gasteiger partial charge in [0.2, 0.25) is 0 Å². The first-order chi connectivity index (χ1) is 8.95. The Morgan fingerprint density at radius 2 is 1.84 bits per heavy atom. The Hall–Kier alpha value is -1.29. The van der Waals surface area contributed by atoms with Crippen LogP contribution in [0.2, 0.25) is 0 Å². The van der Waals surface area contributed by atoms with Gasteiger partial charge in [-0.1, -0.05) is 27.7 Å². The van der Waals surface area contributed by atoms with Crippen molar-refractivity contribution in [3.05, 3.63) is 23.8 Å². The minimum atomic E-state index is -0.0134. The molecule has 0 bridgehead atoms. The minimum Gasteiger partial charge on any atom is -0.381 e. The summed E-state index contributed by atoms with van der Waals surface area (Å²) in [5.74, 6) is 0.295. The molecular weight excluding hydrogens is 240 g/mol. The SMILES string of the molecule is CCCOCCCC(=O)c1ncc(C(C)(C)C)cn1. The summed E-state index contributed by atoms with van der Waals surface area (Å²) in [6, 6.07) is 0. The number of ketones is 1. The van der Waals surface area contributed by atoms with E-state index in [4.69, 9.17) is 4.74 Å². The molecule has 0 spiro atoms. The molecule has 0 saturated carbocycles. The van der Waals surface area contributed by atoms with Crippen molar-refractivity contribution in [2.75, 3.05) is 13.2 Å². The second kappa shape index (κ2) is 7.34. The molecule has 0 aliphatic rings. The van der Waals surface area contributed by atoms with Crippen molar-refractivity contribution >= 4 is 5.78 Å². The first kappa shape index (κ1) is 15.8. The van der Waals surface area contributed by atoms with Gasteiger partial charge in [0.05, 0.1) is 0 Å². The van der Waals surface area contributed by atoms with E-state index < -0.39 is 0 Å². The molecule has 0 saturated heterocycles. The fourth-order valence-corrected chi connectivity index (χ4v) is 1.55. The first-order valence-electron chi connectivity index (χ1n) is 6.88. The molecule has 0 N–H and O–H groups in total. The number of ether oxygens (including phenoxy) is 1. The fraction of sp³-hybridized carbons (Fsp3) is 0.667. The van der Waals surface area contributed by atoms with Crippen molar-refractivity contribution < 1.29 is 9.53 Å². The van der Waals surface area contributed by atoms with Crippen LogP contribution in [0, 0.1) is 0 Å². The van der Waals surface area contributed by atoms with Gasteiger partial charge in [0.15, 0.2) is 11.6 Å². The van der Waals surface area contributed by atoms with E-state index >= 15 is 0 Å². The Kier molecular flexibility index (Phi) is 6.09. The van der Waals surface area contributed by atoms with Crippen molar-refractivity contribution in [3.63, 3.8) is 0 Å². The molecule has 0 amide bonds. The molecule has 0 aliphatic carbocycles. The molecule has 4 nitrogen and oxygen atoms in total. The number of hydrogen-bond donors (Lipinski definition) is 0. The van der Waals surface area contributed by atoms with E-state index in [0.29, 0.717) is 18.9 Å². The molecule has 0 aromatic carbocycles. The lowest BCUT2D eigenvalue weighted by Gasteiger charge is -2.17. The molecule has 1 aromatic rings. The highest BCUT2D eigenvalue weighted by molar-refractivity contribution is 5.92. The van der Waals surface area contributed by atoms with Crippen LogP contribution in [0.5, 0.6) is 0 Å². The maximum Gasteiger partial charge on any atom is 0.200 e. The van der Waals surface area contributed by atoms with E-state index in [-0.39, 0.29) is 11.2 Å². The summed E-state index contributed by atoms with van der Waals surface area (Å²) >= 11 is 0. The Bertz CT molecular complexity index is 394. The summed E-state index contributed by atoms with van der Waals surface area (Å²) in [5.41, 5.74) is 1.05. The molecule has 106 valence electrons. The van der Waals surface area contributed by atoms with Gasteiger partial charge in [-0.2, -0.15) is 0 Å². The van der Waals surface area contributed by atoms with Gasteiger partial charge in [-0.25, -0.2) is 9.97 Å². The van der Waals surface area contributed by atoms with E-state index in [1.54, 1.807) is 12.4 Å². The summed E-state index contributed by atoms with van der Waals surface area (Å²) in [7, 11) is 0. The molecule has 1 rings (SSSR count). The van der Waals surface area contributed by atoms with Gasteiger partial charge in [-0.15, -0.1) is 0 Å². The summed E-state index contributed by atoms with van der Waals surface area (Å²) in [6.45, 7) is 9.73. The monoisotopic (exact) mass is 264 g/mol. The van der Waals surface area contributed by atoms with Crippen molar-refractivity contribution in [2.24, 2.45) is 0 Å². The molecule has 19 heavy (non-hydrogen) atoms. The second-order valence-corrected chi connectivity index (χ2v) is 5.68. The van der Waals surface area contributed by atoms with Gasteiger partial charge in [-0.3, -0.25) is 4.79 Å². The lowest BCUT2D eigenvalue weighted by Crippen LogP contribution is -2.14. The van der Waals surface area contributed by atoms with E-state index in [9.17, 15) is 4.79 Å². The molecular formula is C15H24N2O2. The van der Waals surface area contributed by atoms with Crippen LogP contribution in [-0.2, 0) is 10.2 Å². The Morgan fingerprint density at radius 3 is 2.37 bits per heavy atom. The van der Waals surface area contributed by atoms with Crippen LogP contribution in [0.15, 0.2) is 12.4 Å². The zero-order valence-corrected chi connectivity index (χ0v) is 12.4. The summed E-state index contributed by atoms with van der Waals surface area (Å²) in [6.07, 6.45) is 5.66. The van der Waals surface area contributed by atoms with Crippen LogP contribution in [0.25, 0.3) is 0 Å². The van der Waals surface area contributed by atoms with E-state index in [1.165, 1.54) is 0 Å². The minimum absolute atomic E-state index is 0.00949. The van der Waals surface area contributed by atoms with Crippen LogP contribution in [-0.4, -0.2) is 29.0 Å². The summed E-state index contributed by atoms with van der Waals surface area (Å²) in [5, 5.41) is 0. The van der Waals surface area contributed by atoms with E-state index in [1.807, 2.05) is 0 Å². The predicted octanol–water partition coefficient (Wildman–Crippen LogP) is 3.16. The topological polar surface area (TPSA) is 52.1 Å². The zero-order valence-electron chi connectivity index (χ0n) is 12.4. The van der Waals surface area contributed by atoms with Gasteiger partial charge in [0.25, 0.3) is 0 Å². The van der Waals surface area contributed by atoms with Crippen molar-refractivity contribution in [1.82, 2.24) is 9.97 Å². The molecule has 1 aromatic heterocycles. The Balaban J connectivity index is 2.45. The highest BCUT2D eigenvalue weighted by Gasteiger charge is 2.16. The van der Waals surface area contributed by atoms with E-state index in [2.05, 4.69) is 37.7 Å². The lowest BCUT2D eigenvalue weighted by molar-refractivity contribution is 0.0928. The molecule has 4 heteroatoms. The van der Waals surface area contributed by atoms with Crippen LogP contribution in [0.1, 0.15) is 63.1 Å². The van der Waals surface area contributed by atoms with Crippen molar-refractivity contribution in [1.29, 1.82) is 0 Å². The number of nitrogens with zero attached hydrogens (tertiary/aromatic N) is 2. The van der Waals surface area contributed by atoms with Crippen LogP contribution >= 0.6 is 0 Å². The molecule has 0 aliphatic heterocycles. The van der Waals surface area contributed by atoms with Crippen LogP contribution in [0.4, 0.5) is 0 Å². The van der Waals surface area contributed by atoms with Gasteiger partial charge >= 0.3 is 0 Å². The van der Waals surface area contributed by atoms with Gasteiger partial charge in [0, 0.05) is 32.0 Å². The maximum atomic E-state index is 11.9. The first-order valence-corrected chi connectivity index (χ1v) is 6.88. The maximum absolute atomic E-state index is 11.9. The molecule has 0 radical (unpaired) electrons. The second-order valence-electron chi connectivity index (χ2n) is 5.68. The average molecular weight is 264 g/mol. The number of Topliss-reactive ketones (excluding diaryl/α,β-unsaturated/α-hetero) is 1. The fourth-order valence-electron chi connectivity index (χ4n) is 1.55. The summed E-state index contributed by atoms with van der Waals surface area (Å²) in [4.78, 5) is 20.2. The van der Waals surface area contributed by atoms with Crippen LogP contribution < -0.4 is 0 Å². The van der Waals surface area contributed by atoms with Crippen molar-refractivity contribution in [3.8, 4) is 0 Å². The van der Waals surface area contributed by atoms with E-state index in [0.717, 1.165) is 25.0 Å². The zero-order chi connectivity index (χ0) is 14.3. The number of hydrogen-bond acceptors (Lipinski definition) is 4. The highest BCUT2D eigenvalue weighted by atomic mass is 16.5. The highest BCUT2D eigenvalue weighted by Crippen LogP contribution is 2.20. The number of carbonyl (C=O) groups excluding carboxylic acids is 1. The number of carbonyl (C=O) groups is 1. The third-order valence-electron chi connectivity index (χ3n) is 2.81. The lowest BCUT2D eigenvalue weighted by atomic mass is 9.89.